The fourth-order valence-corrected chi connectivity index (χ4v) is 3.03. The highest BCUT2D eigenvalue weighted by Gasteiger charge is 2.25. The number of hydrogen-bond acceptors (Lipinski definition) is 3. The Morgan fingerprint density at radius 1 is 1.41 bits per heavy atom. The van der Waals surface area contributed by atoms with Gasteiger partial charge in [0, 0.05) is 5.92 Å². The van der Waals surface area contributed by atoms with E-state index in [4.69, 9.17) is 5.73 Å². The number of likely N-dealkylation sites (tertiary alicyclic amines) is 1. The summed E-state index contributed by atoms with van der Waals surface area (Å²) in [6.07, 6.45) is -0.738. The van der Waals surface area contributed by atoms with Crippen LogP contribution in [0.5, 0.6) is 0 Å². The van der Waals surface area contributed by atoms with Gasteiger partial charge < -0.3 is 10.7 Å². The first-order chi connectivity index (χ1) is 10.5. The molecule has 0 bridgehead atoms. The first-order valence-corrected chi connectivity index (χ1v) is 7.33. The van der Waals surface area contributed by atoms with E-state index in [1.807, 2.05) is 6.07 Å². The number of alkyl halides is 2. The minimum Gasteiger partial charge on any atom is -0.366 e. The van der Waals surface area contributed by atoms with Crippen LogP contribution < -0.4 is 5.73 Å². The van der Waals surface area contributed by atoms with Gasteiger partial charge in [-0.3, -0.25) is 9.69 Å². The molecule has 2 heterocycles. The van der Waals surface area contributed by atoms with Crippen LogP contribution in [-0.2, 0) is 0 Å². The highest BCUT2D eigenvalue weighted by Crippen LogP contribution is 2.28. The minimum absolute atomic E-state index is 0.168. The van der Waals surface area contributed by atoms with Gasteiger partial charge in [-0.1, -0.05) is 6.07 Å². The van der Waals surface area contributed by atoms with Gasteiger partial charge in [0.2, 0.25) is 0 Å². The van der Waals surface area contributed by atoms with Gasteiger partial charge in [0.1, 0.15) is 11.3 Å². The Bertz CT molecular complexity index is 677. The molecule has 0 spiro atoms. The SMILES string of the molecule is NC(=O)c1cccc2[nH]c(C3CCN(CC(F)F)CC3)nc12. The van der Waals surface area contributed by atoms with Gasteiger partial charge in [0.05, 0.1) is 17.6 Å². The molecular formula is C15H18F2N4O. The number of piperidine rings is 1. The Hall–Kier alpha value is -2.02. The standard InChI is InChI=1S/C15H18F2N4O/c16-12(17)8-21-6-4-9(5-7-21)15-19-11-3-1-2-10(14(18)22)13(11)20-15/h1-3,9,12H,4-8H2,(H2,18,22)(H,19,20). The summed E-state index contributed by atoms with van der Waals surface area (Å²) in [6, 6.07) is 5.26. The lowest BCUT2D eigenvalue weighted by molar-refractivity contribution is 0.0750. The maximum Gasteiger partial charge on any atom is 0.251 e. The quantitative estimate of drug-likeness (QED) is 0.908. The molecular weight excluding hydrogens is 290 g/mol. The van der Waals surface area contributed by atoms with Crippen LogP contribution in [0.4, 0.5) is 8.78 Å². The molecule has 5 nitrogen and oxygen atoms in total. The number of carbonyl (C=O) groups excluding carboxylic acids is 1. The number of amides is 1. The van der Waals surface area contributed by atoms with Crippen molar-refractivity contribution in [1.29, 1.82) is 0 Å². The fraction of sp³-hybridized carbons (Fsp3) is 0.467. The molecule has 7 heteroatoms. The van der Waals surface area contributed by atoms with E-state index < -0.39 is 12.3 Å². The molecule has 3 rings (SSSR count). The second-order valence-electron chi connectivity index (χ2n) is 5.65. The lowest BCUT2D eigenvalue weighted by atomic mass is 9.96. The summed E-state index contributed by atoms with van der Waals surface area (Å²) in [5.41, 5.74) is 7.12. The number of para-hydroxylation sites is 1. The molecule has 1 amide bonds. The smallest absolute Gasteiger partial charge is 0.251 e. The van der Waals surface area contributed by atoms with Crippen molar-refractivity contribution >= 4 is 16.9 Å². The molecule has 1 saturated heterocycles. The number of rotatable bonds is 4. The Morgan fingerprint density at radius 3 is 2.77 bits per heavy atom. The number of nitrogens with one attached hydrogen (secondary N) is 1. The molecule has 0 unspecified atom stereocenters. The van der Waals surface area contributed by atoms with Gasteiger partial charge in [-0.15, -0.1) is 0 Å². The van der Waals surface area contributed by atoms with Gasteiger partial charge in [-0.2, -0.15) is 0 Å². The first kappa shape index (κ1) is 14.9. The van der Waals surface area contributed by atoms with Crippen molar-refractivity contribution in [3.63, 3.8) is 0 Å². The van der Waals surface area contributed by atoms with E-state index in [9.17, 15) is 13.6 Å². The summed E-state index contributed by atoms with van der Waals surface area (Å²) in [7, 11) is 0. The number of hydrogen-bond donors (Lipinski definition) is 2. The number of H-pyrrole nitrogens is 1. The van der Waals surface area contributed by atoms with Crippen LogP contribution in [0.15, 0.2) is 18.2 Å². The molecule has 1 fully saturated rings. The van der Waals surface area contributed by atoms with Crippen molar-refractivity contribution in [3.05, 3.63) is 29.6 Å². The number of carbonyl (C=O) groups is 1. The predicted molar refractivity (Wildman–Crippen MR) is 79.0 cm³/mol. The Balaban J connectivity index is 1.78. The minimum atomic E-state index is -2.29. The second-order valence-corrected chi connectivity index (χ2v) is 5.65. The lowest BCUT2D eigenvalue weighted by Crippen LogP contribution is -2.36. The third kappa shape index (κ3) is 2.94. The van der Waals surface area contributed by atoms with Gasteiger partial charge in [0.25, 0.3) is 12.3 Å². The summed E-state index contributed by atoms with van der Waals surface area (Å²) < 4.78 is 24.8. The molecule has 3 N–H and O–H groups in total. The Kier molecular flexibility index (Phi) is 4.06. The average molecular weight is 308 g/mol. The molecule has 1 aromatic heterocycles. The molecule has 1 aliphatic heterocycles. The van der Waals surface area contributed by atoms with Crippen molar-refractivity contribution < 1.29 is 13.6 Å². The summed E-state index contributed by atoms with van der Waals surface area (Å²) in [6.45, 7) is 1.10. The predicted octanol–water partition coefficient (Wildman–Crippen LogP) is 2.11. The van der Waals surface area contributed by atoms with E-state index in [1.165, 1.54) is 0 Å². The molecule has 2 aromatic rings. The van der Waals surface area contributed by atoms with Crippen molar-refractivity contribution in [3.8, 4) is 0 Å². The number of fused-ring (bicyclic) bond motifs is 1. The molecule has 118 valence electrons. The zero-order valence-electron chi connectivity index (χ0n) is 12.1. The van der Waals surface area contributed by atoms with Gasteiger partial charge >= 0.3 is 0 Å². The molecule has 0 radical (unpaired) electrons. The zero-order valence-corrected chi connectivity index (χ0v) is 12.1. The molecule has 0 aliphatic carbocycles. The van der Waals surface area contributed by atoms with Gasteiger partial charge in [0.15, 0.2) is 0 Å². The normalized spacial score (nSPS) is 17.4. The highest BCUT2D eigenvalue weighted by atomic mass is 19.3. The number of nitrogens with zero attached hydrogens (tertiary/aromatic N) is 2. The number of benzene rings is 1. The third-order valence-electron chi connectivity index (χ3n) is 4.17. The average Bonchev–Trinajstić information content (AvgIpc) is 2.90. The van der Waals surface area contributed by atoms with Crippen LogP contribution in [0.1, 0.15) is 34.9 Å². The number of aromatic nitrogens is 2. The van der Waals surface area contributed by atoms with Crippen LogP contribution in [0.3, 0.4) is 0 Å². The van der Waals surface area contributed by atoms with Crippen molar-refractivity contribution in [2.75, 3.05) is 19.6 Å². The number of aromatic amines is 1. The molecule has 1 aromatic carbocycles. The number of imidazole rings is 1. The van der Waals surface area contributed by atoms with Crippen molar-refractivity contribution in [2.45, 2.75) is 25.2 Å². The largest absolute Gasteiger partial charge is 0.366 e. The fourth-order valence-electron chi connectivity index (χ4n) is 3.03. The number of primary amides is 1. The van der Waals surface area contributed by atoms with Crippen molar-refractivity contribution in [1.82, 2.24) is 14.9 Å². The summed E-state index contributed by atoms with van der Waals surface area (Å²) >= 11 is 0. The monoisotopic (exact) mass is 308 g/mol. The van der Waals surface area contributed by atoms with E-state index in [0.717, 1.165) is 24.2 Å². The summed E-state index contributed by atoms with van der Waals surface area (Å²) in [4.78, 5) is 21.0. The zero-order chi connectivity index (χ0) is 15.7. The van der Waals surface area contributed by atoms with E-state index in [0.29, 0.717) is 24.2 Å². The van der Waals surface area contributed by atoms with Crippen LogP contribution in [0.25, 0.3) is 11.0 Å². The highest BCUT2D eigenvalue weighted by molar-refractivity contribution is 6.04. The summed E-state index contributed by atoms with van der Waals surface area (Å²) in [5.74, 6) is 0.498. The molecule has 1 aliphatic rings. The van der Waals surface area contributed by atoms with Crippen molar-refractivity contribution in [2.24, 2.45) is 5.73 Å². The Labute approximate surface area is 126 Å². The maximum absolute atomic E-state index is 12.4. The molecule has 0 atom stereocenters. The van der Waals surface area contributed by atoms with Crippen LogP contribution >= 0.6 is 0 Å². The maximum atomic E-state index is 12.4. The lowest BCUT2D eigenvalue weighted by Gasteiger charge is -2.30. The van der Waals surface area contributed by atoms with Gasteiger partial charge in [-0.25, -0.2) is 13.8 Å². The van der Waals surface area contributed by atoms with Crippen LogP contribution in [-0.4, -0.2) is 46.8 Å². The van der Waals surface area contributed by atoms with Crippen LogP contribution in [0.2, 0.25) is 0 Å². The Morgan fingerprint density at radius 2 is 2.14 bits per heavy atom. The van der Waals surface area contributed by atoms with Crippen LogP contribution in [0, 0.1) is 0 Å². The number of halogens is 2. The first-order valence-electron chi connectivity index (χ1n) is 7.33. The van der Waals surface area contributed by atoms with E-state index in [1.54, 1.807) is 17.0 Å². The summed E-state index contributed by atoms with van der Waals surface area (Å²) in [5, 5.41) is 0. The van der Waals surface area contributed by atoms with E-state index in [2.05, 4.69) is 9.97 Å². The van der Waals surface area contributed by atoms with Gasteiger partial charge in [-0.05, 0) is 38.1 Å². The third-order valence-corrected chi connectivity index (χ3v) is 4.17. The topological polar surface area (TPSA) is 75.0 Å². The number of nitrogens with two attached hydrogens (primary N) is 1. The molecule has 0 saturated carbocycles. The second kappa shape index (κ2) is 6.00. The van der Waals surface area contributed by atoms with E-state index in [-0.39, 0.29) is 12.5 Å². The van der Waals surface area contributed by atoms with E-state index >= 15 is 0 Å². The molecule has 22 heavy (non-hydrogen) atoms.